The van der Waals surface area contributed by atoms with Gasteiger partial charge in [-0.1, -0.05) is 5.16 Å². The minimum Gasteiger partial charge on any atom is -0.393 e. The summed E-state index contributed by atoms with van der Waals surface area (Å²) in [7, 11) is 0. The largest absolute Gasteiger partial charge is 0.393 e. The zero-order valence-corrected chi connectivity index (χ0v) is 14.5. The van der Waals surface area contributed by atoms with Crippen LogP contribution in [0.4, 0.5) is 0 Å². The van der Waals surface area contributed by atoms with E-state index in [0.29, 0.717) is 24.5 Å². The SMILES string of the molecule is CC1c2cccn2CCN1C(=O)c1cc(CN2CCC(O)CC2)on1. The van der Waals surface area contributed by atoms with Crippen molar-refractivity contribution in [1.82, 2.24) is 19.5 Å². The van der Waals surface area contributed by atoms with Gasteiger partial charge in [0, 0.05) is 44.1 Å². The molecule has 1 N–H and O–H groups in total. The van der Waals surface area contributed by atoms with Crippen molar-refractivity contribution in [3.05, 3.63) is 41.5 Å². The second-order valence-electron chi connectivity index (χ2n) is 6.99. The van der Waals surface area contributed by atoms with Crippen LogP contribution in [0.5, 0.6) is 0 Å². The van der Waals surface area contributed by atoms with Gasteiger partial charge in [-0.25, -0.2) is 0 Å². The fraction of sp³-hybridized carbons (Fsp3) is 0.556. The van der Waals surface area contributed by atoms with Crippen LogP contribution in [0.1, 0.15) is 47.7 Å². The van der Waals surface area contributed by atoms with Crippen LogP contribution in [-0.4, -0.2) is 56.3 Å². The lowest BCUT2D eigenvalue weighted by Crippen LogP contribution is -2.40. The molecule has 1 atom stereocenters. The van der Waals surface area contributed by atoms with E-state index in [9.17, 15) is 9.90 Å². The van der Waals surface area contributed by atoms with Gasteiger partial charge in [0.15, 0.2) is 11.5 Å². The molecule has 134 valence electrons. The summed E-state index contributed by atoms with van der Waals surface area (Å²) in [4.78, 5) is 16.9. The molecular formula is C18H24N4O3. The van der Waals surface area contributed by atoms with E-state index in [1.807, 2.05) is 17.9 Å². The number of fused-ring (bicyclic) bond motifs is 1. The Morgan fingerprint density at radius 1 is 1.32 bits per heavy atom. The molecule has 7 nitrogen and oxygen atoms in total. The topological polar surface area (TPSA) is 74.7 Å². The highest BCUT2D eigenvalue weighted by Crippen LogP contribution is 2.27. The number of aliphatic hydroxyl groups is 1. The Bertz CT molecular complexity index is 745. The van der Waals surface area contributed by atoms with Crippen molar-refractivity contribution >= 4 is 5.91 Å². The molecule has 7 heteroatoms. The molecular weight excluding hydrogens is 320 g/mol. The average molecular weight is 344 g/mol. The van der Waals surface area contributed by atoms with E-state index in [0.717, 1.165) is 38.2 Å². The van der Waals surface area contributed by atoms with E-state index in [1.54, 1.807) is 6.07 Å². The van der Waals surface area contributed by atoms with Crippen LogP contribution in [0.3, 0.4) is 0 Å². The van der Waals surface area contributed by atoms with Crippen molar-refractivity contribution in [2.45, 2.75) is 45.0 Å². The third-order valence-corrected chi connectivity index (χ3v) is 5.32. The van der Waals surface area contributed by atoms with Gasteiger partial charge in [0.2, 0.25) is 0 Å². The van der Waals surface area contributed by atoms with E-state index in [1.165, 1.54) is 0 Å². The first-order valence-corrected chi connectivity index (χ1v) is 8.94. The summed E-state index contributed by atoms with van der Waals surface area (Å²) in [5.41, 5.74) is 1.52. The van der Waals surface area contributed by atoms with Crippen molar-refractivity contribution in [1.29, 1.82) is 0 Å². The lowest BCUT2D eigenvalue weighted by molar-refractivity contribution is 0.0632. The monoisotopic (exact) mass is 344 g/mol. The molecule has 0 saturated carbocycles. The Morgan fingerprint density at radius 3 is 2.92 bits per heavy atom. The van der Waals surface area contributed by atoms with Crippen LogP contribution in [-0.2, 0) is 13.1 Å². The Hall–Kier alpha value is -2.12. The number of hydrogen-bond acceptors (Lipinski definition) is 5. The summed E-state index contributed by atoms with van der Waals surface area (Å²) >= 11 is 0. The average Bonchev–Trinajstić information content (AvgIpc) is 3.26. The number of aliphatic hydroxyl groups excluding tert-OH is 1. The highest BCUT2D eigenvalue weighted by atomic mass is 16.5. The number of likely N-dealkylation sites (tertiary alicyclic amines) is 1. The summed E-state index contributed by atoms with van der Waals surface area (Å²) in [6.45, 7) is 5.83. The Morgan fingerprint density at radius 2 is 2.12 bits per heavy atom. The standard InChI is InChI=1S/C18H24N4O3/c1-13-17-3-2-6-21(17)9-10-22(13)18(24)16-11-15(25-19-16)12-20-7-4-14(23)5-8-20/h2-3,6,11,13-14,23H,4-5,7-10,12H2,1H3. The second-order valence-corrected chi connectivity index (χ2v) is 6.99. The van der Waals surface area contributed by atoms with E-state index in [4.69, 9.17) is 4.52 Å². The van der Waals surface area contributed by atoms with Gasteiger partial charge in [-0.2, -0.15) is 0 Å². The van der Waals surface area contributed by atoms with Gasteiger partial charge < -0.3 is 19.1 Å². The molecule has 0 radical (unpaired) electrons. The molecule has 2 aromatic heterocycles. The van der Waals surface area contributed by atoms with Crippen LogP contribution in [0.25, 0.3) is 0 Å². The molecule has 2 aromatic rings. The lowest BCUT2D eigenvalue weighted by Gasteiger charge is -2.34. The van der Waals surface area contributed by atoms with Crippen molar-refractivity contribution in [2.75, 3.05) is 19.6 Å². The zero-order valence-electron chi connectivity index (χ0n) is 14.5. The Labute approximate surface area is 146 Å². The fourth-order valence-electron chi connectivity index (χ4n) is 3.79. The molecule has 4 heterocycles. The highest BCUT2D eigenvalue weighted by Gasteiger charge is 2.30. The number of aromatic nitrogens is 2. The minimum absolute atomic E-state index is 0.0278. The first-order chi connectivity index (χ1) is 12.1. The van der Waals surface area contributed by atoms with Gasteiger partial charge in [0.25, 0.3) is 5.91 Å². The predicted molar refractivity (Wildman–Crippen MR) is 90.9 cm³/mol. The summed E-state index contributed by atoms with van der Waals surface area (Å²) in [5.74, 6) is 0.622. The molecule has 2 aliphatic heterocycles. The van der Waals surface area contributed by atoms with E-state index in [2.05, 4.69) is 26.9 Å². The minimum atomic E-state index is -0.192. The number of amides is 1. The zero-order chi connectivity index (χ0) is 17.4. The van der Waals surface area contributed by atoms with Crippen molar-refractivity contribution in [3.63, 3.8) is 0 Å². The van der Waals surface area contributed by atoms with Gasteiger partial charge in [-0.05, 0) is 31.9 Å². The lowest BCUT2D eigenvalue weighted by atomic mass is 10.1. The summed E-state index contributed by atoms with van der Waals surface area (Å²) in [5, 5.41) is 13.6. The van der Waals surface area contributed by atoms with Crippen LogP contribution in [0.2, 0.25) is 0 Å². The first kappa shape index (κ1) is 16.4. The number of carbonyl (C=O) groups is 1. The molecule has 0 spiro atoms. The van der Waals surface area contributed by atoms with Gasteiger partial charge in [0.1, 0.15) is 0 Å². The fourth-order valence-corrected chi connectivity index (χ4v) is 3.79. The second kappa shape index (κ2) is 6.65. The van der Waals surface area contributed by atoms with E-state index in [-0.39, 0.29) is 18.1 Å². The van der Waals surface area contributed by atoms with E-state index < -0.39 is 0 Å². The molecule has 1 saturated heterocycles. The van der Waals surface area contributed by atoms with Gasteiger partial charge in [0.05, 0.1) is 18.7 Å². The van der Waals surface area contributed by atoms with Crippen molar-refractivity contribution < 1.29 is 14.4 Å². The molecule has 2 aliphatic rings. The first-order valence-electron chi connectivity index (χ1n) is 8.94. The third kappa shape index (κ3) is 3.21. The maximum absolute atomic E-state index is 12.8. The normalized spacial score (nSPS) is 22.2. The Kier molecular flexibility index (Phi) is 4.35. The summed E-state index contributed by atoms with van der Waals surface area (Å²) in [6.07, 6.45) is 3.43. The highest BCUT2D eigenvalue weighted by molar-refractivity contribution is 5.92. The van der Waals surface area contributed by atoms with Gasteiger partial charge in [-0.3, -0.25) is 9.69 Å². The smallest absolute Gasteiger partial charge is 0.276 e. The molecule has 25 heavy (non-hydrogen) atoms. The molecule has 0 aliphatic carbocycles. The molecule has 0 aromatic carbocycles. The number of rotatable bonds is 3. The Balaban J connectivity index is 1.42. The quantitative estimate of drug-likeness (QED) is 0.916. The van der Waals surface area contributed by atoms with Crippen molar-refractivity contribution in [3.8, 4) is 0 Å². The molecule has 1 amide bonds. The molecule has 4 rings (SSSR count). The van der Waals surface area contributed by atoms with Crippen LogP contribution in [0.15, 0.2) is 28.9 Å². The number of nitrogens with zero attached hydrogens (tertiary/aromatic N) is 4. The van der Waals surface area contributed by atoms with Crippen molar-refractivity contribution in [2.24, 2.45) is 0 Å². The van der Waals surface area contributed by atoms with Gasteiger partial charge >= 0.3 is 0 Å². The summed E-state index contributed by atoms with van der Waals surface area (Å²) < 4.78 is 7.58. The number of hydrogen-bond donors (Lipinski definition) is 1. The summed E-state index contributed by atoms with van der Waals surface area (Å²) in [6, 6.07) is 5.86. The van der Waals surface area contributed by atoms with Crippen LogP contribution >= 0.6 is 0 Å². The number of carbonyl (C=O) groups excluding carboxylic acids is 1. The number of piperidine rings is 1. The maximum Gasteiger partial charge on any atom is 0.276 e. The van der Waals surface area contributed by atoms with E-state index >= 15 is 0 Å². The maximum atomic E-state index is 12.8. The third-order valence-electron chi connectivity index (χ3n) is 5.32. The van der Waals surface area contributed by atoms with Gasteiger partial charge in [-0.15, -0.1) is 0 Å². The van der Waals surface area contributed by atoms with Crippen LogP contribution in [0, 0.1) is 0 Å². The molecule has 1 fully saturated rings. The predicted octanol–water partition coefficient (Wildman–Crippen LogP) is 1.65. The van der Waals surface area contributed by atoms with Crippen LogP contribution < -0.4 is 0 Å². The molecule has 0 bridgehead atoms. The molecule has 1 unspecified atom stereocenters.